The van der Waals surface area contributed by atoms with Crippen LogP contribution >= 0.6 is 0 Å². The topological polar surface area (TPSA) is 63.6 Å². The summed E-state index contributed by atoms with van der Waals surface area (Å²) in [6, 6.07) is 6.60. The number of hydrogen-bond acceptors (Lipinski definition) is 7. The van der Waals surface area contributed by atoms with E-state index in [9.17, 15) is 5.11 Å². The van der Waals surface area contributed by atoms with E-state index in [1.54, 1.807) is 7.11 Å². The van der Waals surface area contributed by atoms with Gasteiger partial charge in [0.2, 0.25) is 0 Å². The third-order valence-electron chi connectivity index (χ3n) is 5.48. The molecule has 2 fully saturated rings. The molecular formula is C21H34N2O5. The van der Waals surface area contributed by atoms with E-state index in [1.807, 2.05) is 12.1 Å². The van der Waals surface area contributed by atoms with Gasteiger partial charge in [0.05, 0.1) is 20.3 Å². The molecule has 0 bridgehead atoms. The molecule has 0 unspecified atom stereocenters. The molecule has 2 saturated heterocycles. The van der Waals surface area contributed by atoms with E-state index in [2.05, 4.69) is 22.9 Å². The molecule has 1 aromatic rings. The molecule has 0 aliphatic carbocycles. The van der Waals surface area contributed by atoms with Crippen molar-refractivity contribution in [1.29, 1.82) is 0 Å². The van der Waals surface area contributed by atoms with Crippen LogP contribution in [0, 0.1) is 0 Å². The molecule has 2 heterocycles. The van der Waals surface area contributed by atoms with Crippen LogP contribution in [0.3, 0.4) is 0 Å². The van der Waals surface area contributed by atoms with Gasteiger partial charge in [-0.2, -0.15) is 0 Å². The van der Waals surface area contributed by atoms with Gasteiger partial charge in [0.25, 0.3) is 0 Å². The maximum Gasteiger partial charge on any atom is 0.161 e. The molecule has 158 valence electrons. The summed E-state index contributed by atoms with van der Waals surface area (Å²) in [6.45, 7) is 6.56. The third kappa shape index (κ3) is 6.32. The second kappa shape index (κ2) is 11.0. The number of ether oxygens (including phenoxy) is 4. The van der Waals surface area contributed by atoms with Crippen molar-refractivity contribution in [3.05, 3.63) is 23.8 Å². The molecule has 3 rings (SSSR count). The molecular weight excluding hydrogens is 360 g/mol. The summed E-state index contributed by atoms with van der Waals surface area (Å²) < 4.78 is 22.2. The van der Waals surface area contributed by atoms with Crippen molar-refractivity contribution in [3.63, 3.8) is 0 Å². The summed E-state index contributed by atoms with van der Waals surface area (Å²) >= 11 is 0. The molecule has 0 aromatic heterocycles. The van der Waals surface area contributed by atoms with Gasteiger partial charge >= 0.3 is 0 Å². The maximum atomic E-state index is 10.3. The minimum atomic E-state index is -0.540. The van der Waals surface area contributed by atoms with Gasteiger partial charge < -0.3 is 24.1 Å². The zero-order valence-electron chi connectivity index (χ0n) is 17.1. The van der Waals surface area contributed by atoms with Crippen LogP contribution in [-0.4, -0.2) is 93.9 Å². The maximum absolute atomic E-state index is 10.3. The largest absolute Gasteiger partial charge is 0.493 e. The summed E-state index contributed by atoms with van der Waals surface area (Å²) in [5.41, 5.74) is 1.19. The van der Waals surface area contributed by atoms with Gasteiger partial charge in [-0.3, -0.25) is 9.80 Å². The molecule has 0 amide bonds. The summed E-state index contributed by atoms with van der Waals surface area (Å²) in [4.78, 5) is 4.58. The molecule has 28 heavy (non-hydrogen) atoms. The first kappa shape index (κ1) is 21.3. The Morgan fingerprint density at radius 1 is 1.14 bits per heavy atom. The summed E-state index contributed by atoms with van der Waals surface area (Å²) in [5, 5.41) is 10.3. The van der Waals surface area contributed by atoms with Gasteiger partial charge in [-0.05, 0) is 37.6 Å². The van der Waals surface area contributed by atoms with Gasteiger partial charge in [-0.25, -0.2) is 0 Å². The summed E-state index contributed by atoms with van der Waals surface area (Å²) in [7, 11) is 3.81. The Balaban J connectivity index is 1.50. The van der Waals surface area contributed by atoms with E-state index in [-0.39, 0.29) is 6.61 Å². The lowest BCUT2D eigenvalue weighted by Gasteiger charge is -2.31. The molecule has 1 aromatic carbocycles. The van der Waals surface area contributed by atoms with Gasteiger partial charge in [-0.15, -0.1) is 0 Å². The number of rotatable bonds is 9. The van der Waals surface area contributed by atoms with Crippen molar-refractivity contribution >= 4 is 0 Å². The lowest BCUT2D eigenvalue weighted by molar-refractivity contribution is 0.00445. The monoisotopic (exact) mass is 394 g/mol. The average Bonchev–Trinajstić information content (AvgIpc) is 2.74. The van der Waals surface area contributed by atoms with E-state index in [0.29, 0.717) is 24.1 Å². The predicted molar refractivity (Wildman–Crippen MR) is 107 cm³/mol. The van der Waals surface area contributed by atoms with Crippen LogP contribution in [0.15, 0.2) is 18.2 Å². The molecule has 0 spiro atoms. The number of aliphatic hydroxyl groups excluding tert-OH is 1. The number of benzene rings is 1. The van der Waals surface area contributed by atoms with Crippen molar-refractivity contribution in [2.75, 3.05) is 66.8 Å². The zero-order chi connectivity index (χ0) is 19.8. The van der Waals surface area contributed by atoms with Crippen LogP contribution in [0.5, 0.6) is 11.5 Å². The molecule has 1 N–H and O–H groups in total. The number of hydrogen-bond donors (Lipinski definition) is 1. The number of aliphatic hydroxyl groups is 1. The smallest absolute Gasteiger partial charge is 0.161 e. The Kier molecular flexibility index (Phi) is 8.36. The standard InChI is InChI=1S/C21H34N2O5/c1-22(18-5-9-26-10-6-18)14-17-3-4-20(21(13-17)25-2)28-16-19(24)15-23-7-11-27-12-8-23/h3-4,13,18-19,24H,5-12,14-16H2,1-2H3/t19-/m1/s1. The van der Waals surface area contributed by atoms with Crippen molar-refractivity contribution < 1.29 is 24.1 Å². The van der Waals surface area contributed by atoms with Crippen LogP contribution < -0.4 is 9.47 Å². The quantitative estimate of drug-likeness (QED) is 0.679. The van der Waals surface area contributed by atoms with Crippen LogP contribution in [0.25, 0.3) is 0 Å². The van der Waals surface area contributed by atoms with Crippen molar-refractivity contribution in [2.45, 2.75) is 31.5 Å². The highest BCUT2D eigenvalue weighted by Gasteiger charge is 2.19. The molecule has 0 radical (unpaired) electrons. The molecule has 7 nitrogen and oxygen atoms in total. The lowest BCUT2D eigenvalue weighted by Crippen LogP contribution is -2.42. The highest BCUT2D eigenvalue weighted by molar-refractivity contribution is 5.43. The summed E-state index contributed by atoms with van der Waals surface area (Å²) in [6.07, 6.45) is 1.62. The molecule has 7 heteroatoms. The fourth-order valence-electron chi connectivity index (χ4n) is 3.79. The molecule has 2 aliphatic rings. The van der Waals surface area contributed by atoms with Crippen LogP contribution in [0.2, 0.25) is 0 Å². The van der Waals surface area contributed by atoms with Crippen molar-refractivity contribution in [2.24, 2.45) is 0 Å². The number of nitrogens with zero attached hydrogens (tertiary/aromatic N) is 2. The second-order valence-electron chi connectivity index (χ2n) is 7.62. The zero-order valence-corrected chi connectivity index (χ0v) is 17.1. The van der Waals surface area contributed by atoms with E-state index in [1.165, 1.54) is 5.56 Å². The Morgan fingerprint density at radius 3 is 2.57 bits per heavy atom. The van der Waals surface area contributed by atoms with Crippen LogP contribution in [-0.2, 0) is 16.0 Å². The Labute approximate surface area is 168 Å². The third-order valence-corrected chi connectivity index (χ3v) is 5.48. The Morgan fingerprint density at radius 2 is 1.86 bits per heavy atom. The minimum Gasteiger partial charge on any atom is -0.493 e. The van der Waals surface area contributed by atoms with Crippen molar-refractivity contribution in [1.82, 2.24) is 9.80 Å². The highest BCUT2D eigenvalue weighted by atomic mass is 16.5. The SMILES string of the molecule is COc1cc(CN(C)C2CCOCC2)ccc1OC[C@H](O)CN1CCOCC1. The number of morpholine rings is 1. The highest BCUT2D eigenvalue weighted by Crippen LogP contribution is 2.29. The van der Waals surface area contributed by atoms with Crippen LogP contribution in [0.1, 0.15) is 18.4 Å². The number of β-amino-alcohol motifs (C(OH)–C–C–N with tert-alkyl or cyclic N) is 1. The van der Waals surface area contributed by atoms with E-state index in [4.69, 9.17) is 18.9 Å². The lowest BCUT2D eigenvalue weighted by atomic mass is 10.1. The Bertz CT molecular complexity index is 588. The van der Waals surface area contributed by atoms with Gasteiger partial charge in [0, 0.05) is 45.4 Å². The van der Waals surface area contributed by atoms with Gasteiger partial charge in [0.1, 0.15) is 12.7 Å². The first-order valence-corrected chi connectivity index (χ1v) is 10.2. The van der Waals surface area contributed by atoms with Gasteiger partial charge in [-0.1, -0.05) is 6.07 Å². The number of methoxy groups -OCH3 is 1. The fourth-order valence-corrected chi connectivity index (χ4v) is 3.79. The van der Waals surface area contributed by atoms with Crippen molar-refractivity contribution in [3.8, 4) is 11.5 Å². The van der Waals surface area contributed by atoms with Gasteiger partial charge in [0.15, 0.2) is 11.5 Å². The molecule has 2 aliphatic heterocycles. The van der Waals surface area contributed by atoms with E-state index in [0.717, 1.165) is 58.9 Å². The predicted octanol–water partition coefficient (Wildman–Crippen LogP) is 1.38. The molecule has 0 saturated carbocycles. The van der Waals surface area contributed by atoms with E-state index < -0.39 is 6.10 Å². The van der Waals surface area contributed by atoms with Crippen LogP contribution in [0.4, 0.5) is 0 Å². The fraction of sp³-hybridized carbons (Fsp3) is 0.714. The first-order valence-electron chi connectivity index (χ1n) is 10.2. The molecule has 1 atom stereocenters. The van der Waals surface area contributed by atoms with E-state index >= 15 is 0 Å². The minimum absolute atomic E-state index is 0.245. The normalized spacial score (nSPS) is 20.3. The summed E-state index contributed by atoms with van der Waals surface area (Å²) in [5.74, 6) is 1.37. The Hall–Kier alpha value is -1.38. The average molecular weight is 395 g/mol. The first-order chi connectivity index (χ1) is 13.7. The second-order valence-corrected chi connectivity index (χ2v) is 7.62.